The number of anilines is 1. The van der Waals surface area contributed by atoms with Crippen molar-refractivity contribution in [1.29, 1.82) is 0 Å². The molecule has 0 aliphatic carbocycles. The second-order valence-corrected chi connectivity index (χ2v) is 6.70. The van der Waals surface area contributed by atoms with Gasteiger partial charge in [-0.2, -0.15) is 0 Å². The van der Waals surface area contributed by atoms with Crippen molar-refractivity contribution < 1.29 is 18.7 Å². The molecule has 0 radical (unpaired) electrons. The van der Waals surface area contributed by atoms with Crippen LogP contribution in [0.3, 0.4) is 0 Å². The summed E-state index contributed by atoms with van der Waals surface area (Å²) in [5.74, 6) is -2.22. The Kier molecular flexibility index (Phi) is 3.99. The Morgan fingerprint density at radius 1 is 1.27 bits per heavy atom. The van der Waals surface area contributed by atoms with Crippen molar-refractivity contribution in [2.75, 3.05) is 5.32 Å². The number of hydrogen-bond acceptors (Lipinski definition) is 3. The first kappa shape index (κ1) is 16.7. The van der Waals surface area contributed by atoms with Crippen LogP contribution in [0.2, 0.25) is 0 Å². The molecule has 5 nitrogen and oxygen atoms in total. The first-order chi connectivity index (χ1) is 12.5. The number of rotatable bonds is 2. The summed E-state index contributed by atoms with van der Waals surface area (Å²) < 4.78 is 29.1. The molecule has 0 atom stereocenters. The van der Waals surface area contributed by atoms with Crippen molar-refractivity contribution in [3.8, 4) is 0 Å². The molecule has 3 aromatic rings. The molecule has 1 aliphatic heterocycles. The first-order valence-electron chi connectivity index (χ1n) is 7.79. The van der Waals surface area contributed by atoms with Crippen molar-refractivity contribution in [3.05, 3.63) is 64.1 Å². The summed E-state index contributed by atoms with van der Waals surface area (Å²) in [6.07, 6.45) is 0.253. The van der Waals surface area contributed by atoms with Crippen LogP contribution in [-0.4, -0.2) is 20.6 Å². The minimum absolute atomic E-state index is 0.0249. The number of para-hydroxylation sites is 2. The summed E-state index contributed by atoms with van der Waals surface area (Å²) in [6.45, 7) is 0.479. The lowest BCUT2D eigenvalue weighted by atomic mass is 10.1. The fourth-order valence-electron chi connectivity index (χ4n) is 3.03. The standard InChI is InChI=1S/C18H12BrF2N3O2/c19-10-7-9(20)8-11(21)16(10)23-18(26)15-14(25)5-6-24-13-4-2-1-3-12(13)22-17(15)24/h1-4,7-8,25H,5-6H2,(H,23,26). The zero-order chi connectivity index (χ0) is 18.4. The predicted octanol–water partition coefficient (Wildman–Crippen LogP) is 4.39. The van der Waals surface area contributed by atoms with Crippen LogP contribution in [0.4, 0.5) is 14.5 Å². The number of nitrogens with one attached hydrogen (secondary N) is 1. The van der Waals surface area contributed by atoms with Crippen molar-refractivity contribution in [2.45, 2.75) is 13.0 Å². The summed E-state index contributed by atoms with van der Waals surface area (Å²) in [4.78, 5) is 17.2. The average molecular weight is 420 g/mol. The molecule has 0 bridgehead atoms. The van der Waals surface area contributed by atoms with Gasteiger partial charge >= 0.3 is 0 Å². The topological polar surface area (TPSA) is 67.2 Å². The zero-order valence-electron chi connectivity index (χ0n) is 13.3. The van der Waals surface area contributed by atoms with Crippen LogP contribution in [0.15, 0.2) is 46.6 Å². The number of aryl methyl sites for hydroxylation is 1. The van der Waals surface area contributed by atoms with E-state index < -0.39 is 17.5 Å². The van der Waals surface area contributed by atoms with E-state index in [1.54, 1.807) is 0 Å². The number of allylic oxidation sites excluding steroid dienone is 1. The number of amides is 1. The molecular weight excluding hydrogens is 408 g/mol. The largest absolute Gasteiger partial charge is 0.511 e. The number of aromatic nitrogens is 2. The molecule has 1 aromatic heterocycles. The highest BCUT2D eigenvalue weighted by molar-refractivity contribution is 9.10. The van der Waals surface area contributed by atoms with Gasteiger partial charge in [0.1, 0.15) is 23.0 Å². The molecule has 2 heterocycles. The third-order valence-electron chi connectivity index (χ3n) is 4.21. The van der Waals surface area contributed by atoms with Gasteiger partial charge in [-0.15, -0.1) is 0 Å². The number of benzene rings is 2. The lowest BCUT2D eigenvalue weighted by Gasteiger charge is -2.19. The van der Waals surface area contributed by atoms with Crippen molar-refractivity contribution >= 4 is 44.1 Å². The third-order valence-corrected chi connectivity index (χ3v) is 4.84. The normalized spacial score (nSPS) is 13.8. The van der Waals surface area contributed by atoms with Crippen LogP contribution >= 0.6 is 15.9 Å². The summed E-state index contributed by atoms with van der Waals surface area (Å²) in [7, 11) is 0. The van der Waals surface area contributed by atoms with Gasteiger partial charge in [0.2, 0.25) is 0 Å². The number of nitrogens with zero attached hydrogens (tertiary/aromatic N) is 2. The van der Waals surface area contributed by atoms with E-state index in [0.29, 0.717) is 24.0 Å². The van der Waals surface area contributed by atoms with Crippen molar-refractivity contribution in [1.82, 2.24) is 9.55 Å². The molecule has 1 aliphatic rings. The number of aliphatic hydroxyl groups is 1. The number of halogens is 3. The summed E-state index contributed by atoms with van der Waals surface area (Å²) >= 11 is 3.03. The van der Waals surface area contributed by atoms with E-state index in [0.717, 1.165) is 11.6 Å². The number of carbonyl (C=O) groups excluding carboxylic acids is 1. The van der Waals surface area contributed by atoms with Gasteiger partial charge in [0.05, 0.1) is 16.7 Å². The van der Waals surface area contributed by atoms with E-state index in [4.69, 9.17) is 0 Å². The van der Waals surface area contributed by atoms with Crippen LogP contribution in [0.25, 0.3) is 16.6 Å². The highest BCUT2D eigenvalue weighted by Crippen LogP contribution is 2.32. The quantitative estimate of drug-likeness (QED) is 0.647. The first-order valence-corrected chi connectivity index (χ1v) is 8.58. The van der Waals surface area contributed by atoms with E-state index in [9.17, 15) is 18.7 Å². The molecule has 0 unspecified atom stereocenters. The molecular formula is C18H12BrF2N3O2. The minimum Gasteiger partial charge on any atom is -0.511 e. The van der Waals surface area contributed by atoms with Crippen molar-refractivity contribution in [2.24, 2.45) is 0 Å². The Morgan fingerprint density at radius 2 is 2.04 bits per heavy atom. The molecule has 0 saturated heterocycles. The lowest BCUT2D eigenvalue weighted by molar-refractivity contribution is -0.111. The number of imidazole rings is 1. The van der Waals surface area contributed by atoms with Gasteiger partial charge < -0.3 is 15.0 Å². The maximum atomic E-state index is 14.0. The molecule has 132 valence electrons. The van der Waals surface area contributed by atoms with Gasteiger partial charge in [-0.25, -0.2) is 13.8 Å². The molecule has 2 N–H and O–H groups in total. The van der Waals surface area contributed by atoms with Crippen LogP contribution in [0.5, 0.6) is 0 Å². The van der Waals surface area contributed by atoms with E-state index in [-0.39, 0.29) is 27.9 Å². The second-order valence-electron chi connectivity index (χ2n) is 5.85. The maximum absolute atomic E-state index is 14.0. The van der Waals surface area contributed by atoms with E-state index in [1.807, 2.05) is 28.8 Å². The van der Waals surface area contributed by atoms with Gasteiger partial charge in [-0.1, -0.05) is 12.1 Å². The van der Waals surface area contributed by atoms with E-state index >= 15 is 0 Å². The van der Waals surface area contributed by atoms with Gasteiger partial charge in [0.25, 0.3) is 5.91 Å². The smallest absolute Gasteiger partial charge is 0.262 e. The monoisotopic (exact) mass is 419 g/mol. The van der Waals surface area contributed by atoms with E-state index in [2.05, 4.69) is 26.2 Å². The van der Waals surface area contributed by atoms with Crippen LogP contribution in [0.1, 0.15) is 12.2 Å². The van der Waals surface area contributed by atoms with Crippen molar-refractivity contribution in [3.63, 3.8) is 0 Å². The molecule has 0 spiro atoms. The SMILES string of the molecule is O=C(Nc1c(F)cc(F)cc1Br)C1=C(O)CCn2c1nc1ccccc12. The molecule has 1 amide bonds. The molecule has 4 rings (SSSR count). The Labute approximate surface area is 155 Å². The average Bonchev–Trinajstić information content (AvgIpc) is 2.96. The lowest BCUT2D eigenvalue weighted by Crippen LogP contribution is -2.22. The summed E-state index contributed by atoms with van der Waals surface area (Å²) in [6, 6.07) is 9.09. The molecule has 8 heteroatoms. The molecule has 26 heavy (non-hydrogen) atoms. The predicted molar refractivity (Wildman–Crippen MR) is 96.6 cm³/mol. The number of hydrogen-bond donors (Lipinski definition) is 2. The van der Waals surface area contributed by atoms with Gasteiger partial charge in [-0.05, 0) is 34.1 Å². The van der Waals surface area contributed by atoms with Gasteiger partial charge in [0.15, 0.2) is 5.82 Å². The minimum atomic E-state index is -0.922. The zero-order valence-corrected chi connectivity index (χ0v) is 14.8. The number of fused-ring (bicyclic) bond motifs is 3. The van der Waals surface area contributed by atoms with Crippen LogP contribution in [-0.2, 0) is 11.3 Å². The Bertz CT molecular complexity index is 1070. The van der Waals surface area contributed by atoms with Crippen LogP contribution < -0.4 is 5.32 Å². The Morgan fingerprint density at radius 3 is 2.81 bits per heavy atom. The molecule has 0 saturated carbocycles. The Hall–Kier alpha value is -2.74. The highest BCUT2D eigenvalue weighted by Gasteiger charge is 2.29. The summed E-state index contributed by atoms with van der Waals surface area (Å²) in [5, 5.41) is 12.7. The molecule has 2 aromatic carbocycles. The van der Waals surface area contributed by atoms with Crippen LogP contribution in [0, 0.1) is 11.6 Å². The Balaban J connectivity index is 1.77. The second kappa shape index (κ2) is 6.21. The molecule has 0 fully saturated rings. The highest BCUT2D eigenvalue weighted by atomic mass is 79.9. The van der Waals surface area contributed by atoms with E-state index in [1.165, 1.54) is 0 Å². The number of carbonyl (C=O) groups is 1. The summed E-state index contributed by atoms with van der Waals surface area (Å²) in [5.41, 5.74) is 1.30. The third kappa shape index (κ3) is 2.66. The fraction of sp³-hybridized carbons (Fsp3) is 0.111. The number of aliphatic hydroxyl groups excluding tert-OH is 1. The van der Waals surface area contributed by atoms with Gasteiger partial charge in [0, 0.05) is 23.5 Å². The fourth-order valence-corrected chi connectivity index (χ4v) is 3.54. The maximum Gasteiger partial charge on any atom is 0.262 e. The van der Waals surface area contributed by atoms with Gasteiger partial charge in [-0.3, -0.25) is 4.79 Å².